The number of unbranched alkanes of at least 4 members (excludes halogenated alkanes) is 1. The average molecular weight is 326 g/mol. The third kappa shape index (κ3) is 4.78. The number of carbonyl (C=O) groups excluding carboxylic acids is 1. The molecule has 0 atom stereocenters. The van der Waals surface area contributed by atoms with Gasteiger partial charge in [0.1, 0.15) is 5.69 Å². The second-order valence-corrected chi connectivity index (χ2v) is 6.08. The van der Waals surface area contributed by atoms with Gasteiger partial charge in [0.05, 0.1) is 0 Å². The lowest BCUT2D eigenvalue weighted by atomic mass is 10.1. The molecule has 0 aliphatic heterocycles. The van der Waals surface area contributed by atoms with Crippen molar-refractivity contribution < 1.29 is 4.79 Å². The molecule has 0 bridgehead atoms. The first kappa shape index (κ1) is 17.9. The summed E-state index contributed by atoms with van der Waals surface area (Å²) in [6, 6.07) is 9.75. The Kier molecular flexibility index (Phi) is 6.29. The molecule has 24 heavy (non-hydrogen) atoms. The van der Waals surface area contributed by atoms with Crippen molar-refractivity contribution in [2.45, 2.75) is 40.2 Å². The van der Waals surface area contributed by atoms with Crippen LogP contribution in [0.25, 0.3) is 0 Å². The molecular formula is C19H26N4O. The minimum atomic E-state index is -0.172. The molecule has 0 saturated heterocycles. The molecule has 1 N–H and O–H groups in total. The summed E-state index contributed by atoms with van der Waals surface area (Å²) < 4.78 is 0. The topological polar surface area (TPSA) is 58.1 Å². The van der Waals surface area contributed by atoms with E-state index in [1.165, 1.54) is 0 Å². The van der Waals surface area contributed by atoms with Gasteiger partial charge in [-0.15, -0.1) is 0 Å². The van der Waals surface area contributed by atoms with E-state index < -0.39 is 0 Å². The molecule has 5 heteroatoms. The Bertz CT molecular complexity index is 700. The predicted octanol–water partition coefficient (Wildman–Crippen LogP) is 3.26. The largest absolute Gasteiger partial charge is 0.347 e. The lowest BCUT2D eigenvalue weighted by Gasteiger charge is -2.17. The normalized spacial score (nSPS) is 10.5. The monoisotopic (exact) mass is 326 g/mol. The summed E-state index contributed by atoms with van der Waals surface area (Å²) in [5, 5.41) is 2.94. The molecule has 2 aromatic rings. The van der Waals surface area contributed by atoms with Gasteiger partial charge in [-0.05, 0) is 37.5 Å². The first-order valence-corrected chi connectivity index (χ1v) is 8.40. The molecule has 0 aliphatic carbocycles. The highest BCUT2D eigenvalue weighted by molar-refractivity contribution is 5.92. The minimum absolute atomic E-state index is 0.172. The summed E-state index contributed by atoms with van der Waals surface area (Å²) >= 11 is 0. The van der Waals surface area contributed by atoms with Crippen molar-refractivity contribution in [2.24, 2.45) is 0 Å². The smallest absolute Gasteiger partial charge is 0.270 e. The van der Waals surface area contributed by atoms with E-state index >= 15 is 0 Å². The van der Waals surface area contributed by atoms with E-state index in [9.17, 15) is 4.79 Å². The van der Waals surface area contributed by atoms with Crippen molar-refractivity contribution in [3.8, 4) is 0 Å². The van der Waals surface area contributed by atoms with Crippen LogP contribution < -0.4 is 10.2 Å². The van der Waals surface area contributed by atoms with E-state index in [0.717, 1.165) is 36.2 Å². The Morgan fingerprint density at radius 1 is 1.21 bits per heavy atom. The van der Waals surface area contributed by atoms with Crippen LogP contribution in [0.5, 0.6) is 0 Å². The molecule has 0 aliphatic rings. The highest BCUT2D eigenvalue weighted by atomic mass is 16.1. The Morgan fingerprint density at radius 3 is 2.67 bits per heavy atom. The van der Waals surface area contributed by atoms with E-state index in [0.29, 0.717) is 18.2 Å². The lowest BCUT2D eigenvalue weighted by molar-refractivity contribution is 0.0945. The predicted molar refractivity (Wildman–Crippen MR) is 97.3 cm³/mol. The summed E-state index contributed by atoms with van der Waals surface area (Å²) in [5.41, 5.74) is 3.48. The number of aromatic nitrogens is 2. The number of hydrogen-bond donors (Lipinski definition) is 1. The summed E-state index contributed by atoms with van der Waals surface area (Å²) in [4.78, 5) is 23.3. The summed E-state index contributed by atoms with van der Waals surface area (Å²) in [5.74, 6) is 0.429. The minimum Gasteiger partial charge on any atom is -0.347 e. The fourth-order valence-electron chi connectivity index (χ4n) is 2.41. The fraction of sp³-hybridized carbons (Fsp3) is 0.421. The van der Waals surface area contributed by atoms with Gasteiger partial charge >= 0.3 is 0 Å². The number of aryl methyl sites for hydroxylation is 2. The molecule has 5 nitrogen and oxygen atoms in total. The van der Waals surface area contributed by atoms with Gasteiger partial charge in [0, 0.05) is 25.8 Å². The van der Waals surface area contributed by atoms with Crippen molar-refractivity contribution >= 4 is 11.9 Å². The van der Waals surface area contributed by atoms with Gasteiger partial charge < -0.3 is 10.2 Å². The third-order valence-corrected chi connectivity index (χ3v) is 3.96. The zero-order chi connectivity index (χ0) is 17.5. The van der Waals surface area contributed by atoms with Crippen molar-refractivity contribution in [3.05, 3.63) is 52.8 Å². The number of nitrogens with zero attached hydrogens (tertiary/aromatic N) is 3. The third-order valence-electron chi connectivity index (χ3n) is 3.96. The Labute approximate surface area is 144 Å². The number of anilines is 1. The lowest BCUT2D eigenvalue weighted by Crippen LogP contribution is -2.27. The molecule has 2 rings (SSSR count). The average Bonchev–Trinajstić information content (AvgIpc) is 2.58. The number of carbonyl (C=O) groups is 1. The van der Waals surface area contributed by atoms with Crippen LogP contribution in [0, 0.1) is 13.8 Å². The van der Waals surface area contributed by atoms with Crippen LogP contribution in [0.2, 0.25) is 0 Å². The van der Waals surface area contributed by atoms with Gasteiger partial charge in [0.25, 0.3) is 5.91 Å². The Balaban J connectivity index is 2.08. The van der Waals surface area contributed by atoms with Crippen LogP contribution in [0.1, 0.15) is 47.1 Å². The quantitative estimate of drug-likeness (QED) is 0.848. The van der Waals surface area contributed by atoms with Gasteiger partial charge in [-0.1, -0.05) is 37.6 Å². The highest BCUT2D eigenvalue weighted by Gasteiger charge is 2.13. The van der Waals surface area contributed by atoms with Crippen molar-refractivity contribution in [3.63, 3.8) is 0 Å². The number of hydrogen-bond acceptors (Lipinski definition) is 4. The van der Waals surface area contributed by atoms with Crippen LogP contribution in [-0.2, 0) is 6.54 Å². The Morgan fingerprint density at radius 2 is 1.96 bits per heavy atom. The van der Waals surface area contributed by atoms with Crippen LogP contribution in [0.3, 0.4) is 0 Å². The van der Waals surface area contributed by atoms with Crippen molar-refractivity contribution in [1.29, 1.82) is 0 Å². The number of rotatable bonds is 7. The van der Waals surface area contributed by atoms with E-state index in [2.05, 4.69) is 22.2 Å². The van der Waals surface area contributed by atoms with Crippen LogP contribution in [0.15, 0.2) is 30.3 Å². The van der Waals surface area contributed by atoms with Crippen LogP contribution in [0.4, 0.5) is 5.95 Å². The second-order valence-electron chi connectivity index (χ2n) is 6.08. The molecule has 1 aromatic carbocycles. The number of benzene rings is 1. The van der Waals surface area contributed by atoms with Gasteiger partial charge in [-0.2, -0.15) is 0 Å². The zero-order valence-corrected chi connectivity index (χ0v) is 15.0. The molecule has 1 aromatic heterocycles. The van der Waals surface area contributed by atoms with Crippen molar-refractivity contribution in [2.75, 3.05) is 18.5 Å². The zero-order valence-electron chi connectivity index (χ0n) is 15.0. The maximum Gasteiger partial charge on any atom is 0.270 e. The maximum atomic E-state index is 12.5. The summed E-state index contributed by atoms with van der Waals surface area (Å²) in [6.07, 6.45) is 2.18. The molecular weight excluding hydrogens is 300 g/mol. The molecule has 0 spiro atoms. The molecule has 1 heterocycles. The SMILES string of the molecule is CCCCN(C)c1nc(C)cc(C(=O)NCc2ccccc2C)n1. The van der Waals surface area contributed by atoms with E-state index in [4.69, 9.17) is 0 Å². The first-order chi connectivity index (χ1) is 11.5. The summed E-state index contributed by atoms with van der Waals surface area (Å²) in [7, 11) is 1.96. The number of amides is 1. The van der Waals surface area contributed by atoms with Crippen LogP contribution in [-0.4, -0.2) is 29.5 Å². The van der Waals surface area contributed by atoms with Crippen molar-refractivity contribution in [1.82, 2.24) is 15.3 Å². The molecule has 128 valence electrons. The number of nitrogens with one attached hydrogen (secondary N) is 1. The molecule has 0 saturated carbocycles. The standard InChI is InChI=1S/C19H26N4O/c1-5-6-11-23(4)19-21-15(3)12-17(22-19)18(24)20-13-16-10-8-7-9-14(16)2/h7-10,12H,5-6,11,13H2,1-4H3,(H,20,24). The summed E-state index contributed by atoms with van der Waals surface area (Å²) in [6.45, 7) is 7.45. The molecule has 0 radical (unpaired) electrons. The molecule has 0 fully saturated rings. The highest BCUT2D eigenvalue weighted by Crippen LogP contribution is 2.11. The maximum absolute atomic E-state index is 12.5. The second kappa shape index (κ2) is 8.43. The van der Waals surface area contributed by atoms with E-state index in [1.807, 2.05) is 50.1 Å². The van der Waals surface area contributed by atoms with E-state index in [1.54, 1.807) is 6.07 Å². The van der Waals surface area contributed by atoms with Crippen LogP contribution >= 0.6 is 0 Å². The van der Waals surface area contributed by atoms with Gasteiger partial charge in [-0.25, -0.2) is 9.97 Å². The van der Waals surface area contributed by atoms with Gasteiger partial charge in [-0.3, -0.25) is 4.79 Å². The molecule has 0 unspecified atom stereocenters. The Hall–Kier alpha value is -2.43. The van der Waals surface area contributed by atoms with E-state index in [-0.39, 0.29) is 5.91 Å². The molecule has 1 amide bonds. The van der Waals surface area contributed by atoms with Gasteiger partial charge in [0.2, 0.25) is 5.95 Å². The first-order valence-electron chi connectivity index (χ1n) is 8.40. The van der Waals surface area contributed by atoms with Gasteiger partial charge in [0.15, 0.2) is 0 Å². The fourth-order valence-corrected chi connectivity index (χ4v) is 2.41.